The Bertz CT molecular complexity index is 1370. The number of aromatic amines is 1. The van der Waals surface area contributed by atoms with Gasteiger partial charge < -0.3 is 10.7 Å². The van der Waals surface area contributed by atoms with E-state index in [1.54, 1.807) is 0 Å². The largest absolute Gasteiger partial charge is 0.346 e. The van der Waals surface area contributed by atoms with Gasteiger partial charge in [0, 0.05) is 46.8 Å². The van der Waals surface area contributed by atoms with Crippen LogP contribution in [0.2, 0.25) is 0 Å². The van der Waals surface area contributed by atoms with E-state index in [1.165, 1.54) is 0 Å². The molecule has 0 aliphatic carbocycles. The minimum Gasteiger partial charge on any atom is -0.346 e. The monoisotopic (exact) mass is 405 g/mol. The average Bonchev–Trinajstić information content (AvgIpc) is 3.27. The van der Waals surface area contributed by atoms with E-state index in [0.29, 0.717) is 0 Å². The molecule has 0 bridgehead atoms. The molecule has 1 aromatic carbocycles. The lowest BCUT2D eigenvalue weighted by Gasteiger charge is -2.10. The van der Waals surface area contributed by atoms with E-state index in [1.807, 2.05) is 50.6 Å². The number of fused-ring (bicyclic) bond motifs is 1. The van der Waals surface area contributed by atoms with Crippen molar-refractivity contribution < 1.29 is 0 Å². The Balaban J connectivity index is 1.62. The zero-order valence-corrected chi connectivity index (χ0v) is 17.5. The molecule has 0 saturated heterocycles. The highest BCUT2D eigenvalue weighted by Crippen LogP contribution is 2.33. The fourth-order valence-electron chi connectivity index (χ4n) is 3.82. The summed E-state index contributed by atoms with van der Waals surface area (Å²) in [5, 5.41) is 1.06. The van der Waals surface area contributed by atoms with Crippen LogP contribution >= 0.6 is 0 Å². The molecule has 3 N–H and O–H groups in total. The standard InChI is InChI=1S/C26H23N5/c1-16-4-3-5-24(30-16)25-13-23(22-10-11-29-26(22)31-25)21-12-20(14-28-15-21)19-8-6-18(7-9-19)17(2)27/h3-15,17H,27H2,1-2H3,(H,29,31). The molecule has 0 amide bonds. The predicted molar refractivity (Wildman–Crippen MR) is 125 cm³/mol. The van der Waals surface area contributed by atoms with Crippen LogP contribution in [0.5, 0.6) is 0 Å². The van der Waals surface area contributed by atoms with Gasteiger partial charge in [0.1, 0.15) is 5.65 Å². The quantitative estimate of drug-likeness (QED) is 0.403. The highest BCUT2D eigenvalue weighted by Gasteiger charge is 2.13. The molecule has 0 radical (unpaired) electrons. The Kier molecular flexibility index (Phi) is 4.81. The Hall–Kier alpha value is -3.83. The van der Waals surface area contributed by atoms with Crippen LogP contribution in [0.25, 0.3) is 44.7 Å². The summed E-state index contributed by atoms with van der Waals surface area (Å²) in [6, 6.07) is 20.7. The Morgan fingerprint density at radius 1 is 0.839 bits per heavy atom. The molecule has 5 heteroatoms. The van der Waals surface area contributed by atoms with Gasteiger partial charge >= 0.3 is 0 Å². The molecule has 5 aromatic rings. The fourth-order valence-corrected chi connectivity index (χ4v) is 3.82. The van der Waals surface area contributed by atoms with Crippen LogP contribution in [0.4, 0.5) is 0 Å². The van der Waals surface area contributed by atoms with Crippen LogP contribution in [0.15, 0.2) is 79.3 Å². The van der Waals surface area contributed by atoms with Crippen molar-refractivity contribution in [2.45, 2.75) is 19.9 Å². The third kappa shape index (κ3) is 3.71. The van der Waals surface area contributed by atoms with Crippen molar-refractivity contribution in [3.63, 3.8) is 0 Å². The average molecular weight is 406 g/mol. The van der Waals surface area contributed by atoms with Crippen LogP contribution in [-0.4, -0.2) is 19.9 Å². The van der Waals surface area contributed by atoms with Crippen molar-refractivity contribution in [2.24, 2.45) is 5.73 Å². The normalized spacial score (nSPS) is 12.2. The summed E-state index contributed by atoms with van der Waals surface area (Å²) in [5.41, 5.74) is 14.9. The minimum atomic E-state index is 0.0193. The predicted octanol–water partition coefficient (Wildman–Crippen LogP) is 5.68. The van der Waals surface area contributed by atoms with Gasteiger partial charge in [0.25, 0.3) is 0 Å². The number of hydrogen-bond donors (Lipinski definition) is 2. The maximum absolute atomic E-state index is 5.99. The molecule has 31 heavy (non-hydrogen) atoms. The highest BCUT2D eigenvalue weighted by molar-refractivity contribution is 5.95. The first kappa shape index (κ1) is 19.2. The van der Waals surface area contributed by atoms with Crippen molar-refractivity contribution in [1.29, 1.82) is 0 Å². The molecule has 5 nitrogen and oxygen atoms in total. The molecule has 1 atom stereocenters. The molecule has 0 saturated carbocycles. The number of benzene rings is 1. The van der Waals surface area contributed by atoms with Gasteiger partial charge in [-0.15, -0.1) is 0 Å². The molecule has 0 aliphatic rings. The summed E-state index contributed by atoms with van der Waals surface area (Å²) in [7, 11) is 0. The fraction of sp³-hybridized carbons (Fsp3) is 0.115. The van der Waals surface area contributed by atoms with E-state index in [2.05, 4.69) is 57.4 Å². The van der Waals surface area contributed by atoms with Gasteiger partial charge in [0.05, 0.1) is 11.4 Å². The molecular weight excluding hydrogens is 382 g/mol. The van der Waals surface area contributed by atoms with Crippen LogP contribution in [0.1, 0.15) is 24.2 Å². The van der Waals surface area contributed by atoms with Crippen LogP contribution in [0, 0.1) is 6.92 Å². The number of nitrogens with zero attached hydrogens (tertiary/aromatic N) is 3. The SMILES string of the molecule is Cc1cccc(-c2cc(-c3cncc(-c4ccc(C(C)N)cc4)c3)c3cc[nH]c3n2)n1. The zero-order valence-electron chi connectivity index (χ0n) is 17.5. The first-order valence-electron chi connectivity index (χ1n) is 10.3. The molecule has 0 spiro atoms. The second kappa shape index (κ2) is 7.78. The number of hydrogen-bond acceptors (Lipinski definition) is 4. The molecule has 4 heterocycles. The summed E-state index contributed by atoms with van der Waals surface area (Å²) in [4.78, 5) is 17.2. The Labute approximate surface area is 181 Å². The molecule has 5 rings (SSSR count). The van der Waals surface area contributed by atoms with Gasteiger partial charge in [0.15, 0.2) is 0 Å². The second-order valence-electron chi connectivity index (χ2n) is 7.83. The van der Waals surface area contributed by atoms with Crippen molar-refractivity contribution in [3.05, 3.63) is 90.5 Å². The van der Waals surface area contributed by atoms with Gasteiger partial charge in [-0.1, -0.05) is 30.3 Å². The second-order valence-corrected chi connectivity index (χ2v) is 7.83. The van der Waals surface area contributed by atoms with Crippen molar-refractivity contribution in [1.82, 2.24) is 19.9 Å². The summed E-state index contributed by atoms with van der Waals surface area (Å²) in [6.45, 7) is 3.98. The van der Waals surface area contributed by atoms with E-state index in [9.17, 15) is 0 Å². The molecular formula is C26H23N5. The van der Waals surface area contributed by atoms with Gasteiger partial charge in [-0.2, -0.15) is 0 Å². The van der Waals surface area contributed by atoms with Crippen LogP contribution in [0.3, 0.4) is 0 Å². The van der Waals surface area contributed by atoms with Crippen molar-refractivity contribution >= 4 is 11.0 Å². The lowest BCUT2D eigenvalue weighted by molar-refractivity contribution is 0.818. The van der Waals surface area contributed by atoms with Crippen LogP contribution in [-0.2, 0) is 0 Å². The first-order chi connectivity index (χ1) is 15.1. The number of pyridine rings is 3. The maximum atomic E-state index is 5.99. The molecule has 4 aromatic heterocycles. The zero-order chi connectivity index (χ0) is 21.4. The Morgan fingerprint density at radius 2 is 1.65 bits per heavy atom. The van der Waals surface area contributed by atoms with E-state index in [4.69, 9.17) is 10.7 Å². The lowest BCUT2D eigenvalue weighted by Crippen LogP contribution is -2.04. The molecule has 152 valence electrons. The highest BCUT2D eigenvalue weighted by atomic mass is 14.9. The lowest BCUT2D eigenvalue weighted by atomic mass is 9.98. The first-order valence-corrected chi connectivity index (χ1v) is 10.3. The van der Waals surface area contributed by atoms with Crippen LogP contribution < -0.4 is 5.73 Å². The van der Waals surface area contributed by atoms with Gasteiger partial charge in [-0.25, -0.2) is 4.98 Å². The van der Waals surface area contributed by atoms with E-state index >= 15 is 0 Å². The molecule has 1 unspecified atom stereocenters. The summed E-state index contributed by atoms with van der Waals surface area (Å²) < 4.78 is 0. The number of H-pyrrole nitrogens is 1. The van der Waals surface area contributed by atoms with E-state index in [0.717, 1.165) is 55.9 Å². The van der Waals surface area contributed by atoms with Gasteiger partial charge in [-0.05, 0) is 60.9 Å². The van der Waals surface area contributed by atoms with Crippen molar-refractivity contribution in [3.8, 4) is 33.6 Å². The van der Waals surface area contributed by atoms with Crippen molar-refractivity contribution in [2.75, 3.05) is 0 Å². The van der Waals surface area contributed by atoms with Gasteiger partial charge in [-0.3, -0.25) is 9.97 Å². The third-order valence-corrected chi connectivity index (χ3v) is 5.50. The molecule has 0 fully saturated rings. The number of aromatic nitrogens is 4. The number of aryl methyl sites for hydroxylation is 1. The summed E-state index contributed by atoms with van der Waals surface area (Å²) in [5.74, 6) is 0. The van der Waals surface area contributed by atoms with E-state index < -0.39 is 0 Å². The minimum absolute atomic E-state index is 0.0193. The summed E-state index contributed by atoms with van der Waals surface area (Å²) >= 11 is 0. The third-order valence-electron chi connectivity index (χ3n) is 5.50. The number of rotatable bonds is 4. The summed E-state index contributed by atoms with van der Waals surface area (Å²) in [6.07, 6.45) is 5.70. The Morgan fingerprint density at radius 3 is 2.42 bits per heavy atom. The number of nitrogens with two attached hydrogens (primary N) is 1. The maximum Gasteiger partial charge on any atom is 0.138 e. The van der Waals surface area contributed by atoms with E-state index in [-0.39, 0.29) is 6.04 Å². The molecule has 0 aliphatic heterocycles. The number of nitrogens with one attached hydrogen (secondary N) is 1. The smallest absolute Gasteiger partial charge is 0.138 e. The topological polar surface area (TPSA) is 80.5 Å². The van der Waals surface area contributed by atoms with Gasteiger partial charge in [0.2, 0.25) is 0 Å².